The summed E-state index contributed by atoms with van der Waals surface area (Å²) in [5.74, 6) is -0.0657. The van der Waals surface area contributed by atoms with Gasteiger partial charge in [-0.3, -0.25) is 4.79 Å². The van der Waals surface area contributed by atoms with E-state index in [0.29, 0.717) is 0 Å². The molecule has 0 radical (unpaired) electrons. The predicted molar refractivity (Wildman–Crippen MR) is 63.0 cm³/mol. The first-order valence-electron chi connectivity index (χ1n) is 4.89. The van der Waals surface area contributed by atoms with E-state index < -0.39 is 5.54 Å². The molecule has 4 heteroatoms. The molecule has 1 aliphatic carbocycles. The summed E-state index contributed by atoms with van der Waals surface area (Å²) in [5, 5.41) is 2.88. The molecular formula is C11H14N2OS. The number of hydrogen-bond donors (Lipinski definition) is 2. The van der Waals surface area contributed by atoms with Gasteiger partial charge in [-0.1, -0.05) is 12.1 Å². The van der Waals surface area contributed by atoms with Crippen LogP contribution in [-0.4, -0.2) is 17.7 Å². The third-order valence-corrected chi connectivity index (χ3v) is 3.39. The molecule has 1 fully saturated rings. The Balaban J connectivity index is 2.13. The van der Waals surface area contributed by atoms with Crippen LogP contribution in [0.3, 0.4) is 0 Å². The number of hydrogen-bond acceptors (Lipinski definition) is 3. The number of carbonyl (C=O) groups excluding carboxylic acids is 1. The van der Waals surface area contributed by atoms with Crippen LogP contribution in [-0.2, 0) is 4.79 Å². The average molecular weight is 222 g/mol. The maximum atomic E-state index is 11.7. The Bertz CT molecular complexity index is 388. The van der Waals surface area contributed by atoms with Crippen LogP contribution < -0.4 is 11.1 Å². The lowest BCUT2D eigenvalue weighted by Gasteiger charge is -2.12. The van der Waals surface area contributed by atoms with Crippen LogP contribution in [0.2, 0.25) is 0 Å². The van der Waals surface area contributed by atoms with Gasteiger partial charge in [-0.05, 0) is 31.2 Å². The minimum Gasteiger partial charge on any atom is -0.323 e. The molecule has 1 aromatic rings. The van der Waals surface area contributed by atoms with Crippen molar-refractivity contribution in [1.29, 1.82) is 0 Å². The van der Waals surface area contributed by atoms with Crippen molar-refractivity contribution in [1.82, 2.24) is 0 Å². The molecule has 0 atom stereocenters. The first-order valence-corrected chi connectivity index (χ1v) is 6.11. The molecule has 0 unspecified atom stereocenters. The van der Waals surface area contributed by atoms with Crippen molar-refractivity contribution in [2.45, 2.75) is 23.3 Å². The van der Waals surface area contributed by atoms with E-state index in [1.807, 2.05) is 30.5 Å². The van der Waals surface area contributed by atoms with Gasteiger partial charge < -0.3 is 11.1 Å². The Labute approximate surface area is 93.4 Å². The predicted octanol–water partition coefficient (Wildman–Crippen LogP) is 1.84. The number of para-hydroxylation sites is 1. The highest BCUT2D eigenvalue weighted by atomic mass is 32.2. The summed E-state index contributed by atoms with van der Waals surface area (Å²) in [7, 11) is 0. The van der Waals surface area contributed by atoms with Crippen molar-refractivity contribution in [2.24, 2.45) is 5.73 Å². The smallest absolute Gasteiger partial charge is 0.244 e. The number of anilines is 1. The quantitative estimate of drug-likeness (QED) is 0.767. The molecule has 0 aromatic heterocycles. The lowest BCUT2D eigenvalue weighted by molar-refractivity contribution is -0.118. The molecule has 3 N–H and O–H groups in total. The van der Waals surface area contributed by atoms with Crippen LogP contribution in [0, 0.1) is 0 Å². The summed E-state index contributed by atoms with van der Waals surface area (Å²) in [6, 6.07) is 7.74. The molecule has 0 heterocycles. The van der Waals surface area contributed by atoms with Gasteiger partial charge in [0.1, 0.15) is 0 Å². The molecule has 1 aromatic carbocycles. The third kappa shape index (κ3) is 2.16. The molecule has 0 bridgehead atoms. The van der Waals surface area contributed by atoms with E-state index in [1.165, 1.54) is 0 Å². The molecule has 3 nitrogen and oxygen atoms in total. The Hall–Kier alpha value is -1.00. The molecule has 80 valence electrons. The average Bonchev–Trinajstić information content (AvgIpc) is 2.99. The van der Waals surface area contributed by atoms with Gasteiger partial charge in [-0.15, -0.1) is 11.8 Å². The Kier molecular flexibility index (Phi) is 2.71. The zero-order valence-corrected chi connectivity index (χ0v) is 9.43. The topological polar surface area (TPSA) is 55.1 Å². The van der Waals surface area contributed by atoms with Gasteiger partial charge in [0.15, 0.2) is 0 Å². The fourth-order valence-corrected chi connectivity index (χ4v) is 1.91. The van der Waals surface area contributed by atoms with Crippen LogP contribution in [0.25, 0.3) is 0 Å². The highest BCUT2D eigenvalue weighted by Crippen LogP contribution is 2.34. The van der Waals surface area contributed by atoms with Gasteiger partial charge in [-0.25, -0.2) is 0 Å². The van der Waals surface area contributed by atoms with Gasteiger partial charge in [0.2, 0.25) is 5.91 Å². The summed E-state index contributed by atoms with van der Waals surface area (Å²) in [6.45, 7) is 0. The first kappa shape index (κ1) is 10.5. The van der Waals surface area contributed by atoms with Crippen molar-refractivity contribution in [3.8, 4) is 0 Å². The molecule has 0 aliphatic heterocycles. The van der Waals surface area contributed by atoms with Gasteiger partial charge >= 0.3 is 0 Å². The monoisotopic (exact) mass is 222 g/mol. The fraction of sp³-hybridized carbons (Fsp3) is 0.364. The van der Waals surface area contributed by atoms with Crippen molar-refractivity contribution >= 4 is 23.4 Å². The van der Waals surface area contributed by atoms with Crippen LogP contribution in [0.4, 0.5) is 5.69 Å². The van der Waals surface area contributed by atoms with Gasteiger partial charge in [-0.2, -0.15) is 0 Å². The summed E-state index contributed by atoms with van der Waals surface area (Å²) in [4.78, 5) is 12.8. The number of nitrogens with one attached hydrogen (secondary N) is 1. The van der Waals surface area contributed by atoms with Crippen molar-refractivity contribution in [2.75, 3.05) is 11.6 Å². The summed E-state index contributed by atoms with van der Waals surface area (Å²) in [5.41, 5.74) is 6.06. The van der Waals surface area contributed by atoms with Crippen LogP contribution in [0.1, 0.15) is 12.8 Å². The molecule has 0 spiro atoms. The number of carbonyl (C=O) groups is 1. The van der Waals surface area contributed by atoms with Gasteiger partial charge in [0.05, 0.1) is 11.2 Å². The first-order chi connectivity index (χ1) is 7.15. The highest BCUT2D eigenvalue weighted by Gasteiger charge is 2.46. The lowest BCUT2D eigenvalue weighted by Crippen LogP contribution is -2.37. The molecule has 2 rings (SSSR count). The molecule has 0 saturated heterocycles. The maximum absolute atomic E-state index is 11.7. The minimum atomic E-state index is -0.606. The zero-order valence-electron chi connectivity index (χ0n) is 8.62. The summed E-state index contributed by atoms with van der Waals surface area (Å²) in [6.07, 6.45) is 3.57. The fourth-order valence-electron chi connectivity index (χ4n) is 1.36. The second-order valence-electron chi connectivity index (χ2n) is 3.81. The van der Waals surface area contributed by atoms with Crippen molar-refractivity contribution in [3.05, 3.63) is 24.3 Å². The standard InChI is InChI=1S/C11H14N2OS/c1-15-9-5-3-2-4-8(9)13-10(14)11(12)6-7-11/h2-5H,6-7,12H2,1H3,(H,13,14). The number of benzene rings is 1. The second-order valence-corrected chi connectivity index (χ2v) is 4.66. The molecule has 1 aliphatic rings. The molecule has 1 amide bonds. The van der Waals surface area contributed by atoms with E-state index in [2.05, 4.69) is 5.32 Å². The number of nitrogens with two attached hydrogens (primary N) is 1. The van der Waals surface area contributed by atoms with E-state index in [1.54, 1.807) is 11.8 Å². The van der Waals surface area contributed by atoms with Crippen LogP contribution in [0.5, 0.6) is 0 Å². The van der Waals surface area contributed by atoms with E-state index in [0.717, 1.165) is 23.4 Å². The van der Waals surface area contributed by atoms with Gasteiger partial charge in [0, 0.05) is 4.90 Å². The normalized spacial score (nSPS) is 17.2. The van der Waals surface area contributed by atoms with E-state index >= 15 is 0 Å². The number of amides is 1. The van der Waals surface area contributed by atoms with E-state index in [4.69, 9.17) is 5.73 Å². The van der Waals surface area contributed by atoms with E-state index in [-0.39, 0.29) is 5.91 Å². The summed E-state index contributed by atoms with van der Waals surface area (Å²) < 4.78 is 0. The number of rotatable bonds is 3. The third-order valence-electron chi connectivity index (χ3n) is 2.60. The number of thioether (sulfide) groups is 1. The zero-order chi connectivity index (χ0) is 10.9. The van der Waals surface area contributed by atoms with Crippen molar-refractivity contribution in [3.63, 3.8) is 0 Å². The van der Waals surface area contributed by atoms with Crippen LogP contribution in [0.15, 0.2) is 29.2 Å². The Morgan fingerprint density at radius 2 is 2.13 bits per heavy atom. The lowest BCUT2D eigenvalue weighted by atomic mass is 10.2. The molecule has 1 saturated carbocycles. The second kappa shape index (κ2) is 3.87. The van der Waals surface area contributed by atoms with E-state index in [9.17, 15) is 4.79 Å². The SMILES string of the molecule is CSc1ccccc1NC(=O)C1(N)CC1. The summed E-state index contributed by atoms with van der Waals surface area (Å²) >= 11 is 1.61. The Morgan fingerprint density at radius 1 is 1.47 bits per heavy atom. The van der Waals surface area contributed by atoms with Crippen molar-refractivity contribution < 1.29 is 4.79 Å². The minimum absolute atomic E-state index is 0.0657. The highest BCUT2D eigenvalue weighted by molar-refractivity contribution is 7.98. The molecule has 15 heavy (non-hydrogen) atoms. The van der Waals surface area contributed by atoms with Crippen LogP contribution >= 0.6 is 11.8 Å². The maximum Gasteiger partial charge on any atom is 0.244 e. The largest absolute Gasteiger partial charge is 0.323 e. The van der Waals surface area contributed by atoms with Gasteiger partial charge in [0.25, 0.3) is 0 Å². The molecular weight excluding hydrogens is 208 g/mol. The Morgan fingerprint density at radius 3 is 2.73 bits per heavy atom.